The molecule has 0 radical (unpaired) electrons. The second-order valence-corrected chi connectivity index (χ2v) is 4.45. The van der Waals surface area contributed by atoms with Crippen molar-refractivity contribution in [1.82, 2.24) is 15.5 Å². The normalized spacial score (nSPS) is 21.7. The SMILES string of the molecule is CC(NC(=O)CC1COCCN1)C(=O)N(C)C. The van der Waals surface area contributed by atoms with Crippen molar-refractivity contribution < 1.29 is 14.3 Å². The largest absolute Gasteiger partial charge is 0.378 e. The van der Waals surface area contributed by atoms with Crippen molar-refractivity contribution >= 4 is 11.8 Å². The van der Waals surface area contributed by atoms with E-state index in [9.17, 15) is 9.59 Å². The summed E-state index contributed by atoms with van der Waals surface area (Å²) in [7, 11) is 3.34. The van der Waals surface area contributed by atoms with E-state index in [1.807, 2.05) is 0 Å². The fourth-order valence-electron chi connectivity index (χ4n) is 1.72. The summed E-state index contributed by atoms with van der Waals surface area (Å²) in [5, 5.41) is 5.88. The van der Waals surface area contributed by atoms with Crippen LogP contribution in [0.25, 0.3) is 0 Å². The van der Waals surface area contributed by atoms with Crippen LogP contribution in [0.1, 0.15) is 13.3 Å². The lowest BCUT2D eigenvalue weighted by Gasteiger charge is -2.24. The third-order valence-corrected chi connectivity index (χ3v) is 2.62. The second kappa shape index (κ2) is 6.56. The van der Waals surface area contributed by atoms with E-state index in [2.05, 4.69) is 10.6 Å². The molecule has 6 heteroatoms. The summed E-state index contributed by atoms with van der Waals surface area (Å²) in [6.07, 6.45) is 0.338. The minimum absolute atomic E-state index is 0.0467. The number of hydrogen-bond donors (Lipinski definition) is 2. The maximum atomic E-state index is 11.7. The highest BCUT2D eigenvalue weighted by Gasteiger charge is 2.21. The van der Waals surface area contributed by atoms with E-state index in [0.717, 1.165) is 6.54 Å². The molecule has 2 amide bonds. The molecular weight excluding hydrogens is 222 g/mol. The van der Waals surface area contributed by atoms with Crippen LogP contribution in [0.3, 0.4) is 0 Å². The molecule has 0 spiro atoms. The first-order valence-corrected chi connectivity index (χ1v) is 5.82. The van der Waals surface area contributed by atoms with Crippen molar-refractivity contribution in [2.75, 3.05) is 33.9 Å². The third kappa shape index (κ3) is 4.70. The number of likely N-dealkylation sites (N-methyl/N-ethyl adjacent to an activating group) is 1. The number of ether oxygens (including phenoxy) is 1. The summed E-state index contributed by atoms with van der Waals surface area (Å²) in [4.78, 5) is 24.7. The molecule has 0 aromatic heterocycles. The third-order valence-electron chi connectivity index (χ3n) is 2.62. The van der Waals surface area contributed by atoms with Crippen molar-refractivity contribution in [3.05, 3.63) is 0 Å². The number of nitrogens with one attached hydrogen (secondary N) is 2. The van der Waals surface area contributed by atoms with E-state index >= 15 is 0 Å². The van der Waals surface area contributed by atoms with Crippen LogP contribution < -0.4 is 10.6 Å². The Balaban J connectivity index is 2.30. The summed E-state index contributed by atoms with van der Waals surface area (Å²) < 4.78 is 5.26. The molecule has 2 atom stereocenters. The van der Waals surface area contributed by atoms with Crippen LogP contribution in [0.5, 0.6) is 0 Å². The number of nitrogens with zero attached hydrogens (tertiary/aromatic N) is 1. The van der Waals surface area contributed by atoms with Crippen LogP contribution in [0, 0.1) is 0 Å². The Morgan fingerprint density at radius 1 is 1.53 bits per heavy atom. The molecule has 1 aliphatic heterocycles. The van der Waals surface area contributed by atoms with Gasteiger partial charge in [-0.15, -0.1) is 0 Å². The van der Waals surface area contributed by atoms with Gasteiger partial charge in [0.25, 0.3) is 0 Å². The van der Waals surface area contributed by atoms with Crippen molar-refractivity contribution in [2.45, 2.75) is 25.4 Å². The first kappa shape index (κ1) is 13.9. The summed E-state index contributed by atoms with van der Waals surface area (Å²) >= 11 is 0. The Hall–Kier alpha value is -1.14. The lowest BCUT2D eigenvalue weighted by Crippen LogP contribution is -2.48. The van der Waals surface area contributed by atoms with Crippen molar-refractivity contribution in [2.24, 2.45) is 0 Å². The molecule has 2 N–H and O–H groups in total. The molecule has 1 aliphatic rings. The molecule has 0 bridgehead atoms. The Morgan fingerprint density at radius 2 is 2.24 bits per heavy atom. The average Bonchev–Trinajstić information content (AvgIpc) is 2.28. The van der Waals surface area contributed by atoms with Crippen LogP contribution in [0.15, 0.2) is 0 Å². The van der Waals surface area contributed by atoms with Gasteiger partial charge in [-0.05, 0) is 6.92 Å². The van der Waals surface area contributed by atoms with Crippen LogP contribution in [-0.2, 0) is 14.3 Å². The smallest absolute Gasteiger partial charge is 0.244 e. The highest BCUT2D eigenvalue weighted by Crippen LogP contribution is 1.99. The molecule has 0 saturated carbocycles. The quantitative estimate of drug-likeness (QED) is 0.661. The zero-order valence-corrected chi connectivity index (χ0v) is 10.7. The van der Waals surface area contributed by atoms with E-state index in [-0.39, 0.29) is 17.9 Å². The van der Waals surface area contributed by atoms with E-state index in [1.54, 1.807) is 21.0 Å². The fourth-order valence-corrected chi connectivity index (χ4v) is 1.72. The molecule has 1 rings (SSSR count). The molecule has 1 fully saturated rings. The van der Waals surface area contributed by atoms with E-state index in [4.69, 9.17) is 4.74 Å². The van der Waals surface area contributed by atoms with Gasteiger partial charge in [-0.3, -0.25) is 9.59 Å². The predicted molar refractivity (Wildman–Crippen MR) is 63.5 cm³/mol. The van der Waals surface area contributed by atoms with Crippen LogP contribution in [0.4, 0.5) is 0 Å². The molecule has 0 aromatic rings. The minimum Gasteiger partial charge on any atom is -0.378 e. The van der Waals surface area contributed by atoms with Gasteiger partial charge in [0.2, 0.25) is 11.8 Å². The van der Waals surface area contributed by atoms with E-state index in [0.29, 0.717) is 19.6 Å². The molecule has 0 aliphatic carbocycles. The van der Waals surface area contributed by atoms with Crippen LogP contribution in [-0.4, -0.2) is 62.7 Å². The zero-order chi connectivity index (χ0) is 12.8. The van der Waals surface area contributed by atoms with Crippen molar-refractivity contribution in [3.8, 4) is 0 Å². The van der Waals surface area contributed by atoms with Gasteiger partial charge in [-0.2, -0.15) is 0 Å². The number of morpholine rings is 1. The molecule has 0 aromatic carbocycles. The highest BCUT2D eigenvalue weighted by atomic mass is 16.5. The highest BCUT2D eigenvalue weighted by molar-refractivity contribution is 5.87. The monoisotopic (exact) mass is 243 g/mol. The van der Waals surface area contributed by atoms with Gasteiger partial charge < -0.3 is 20.3 Å². The van der Waals surface area contributed by atoms with E-state index in [1.165, 1.54) is 4.90 Å². The van der Waals surface area contributed by atoms with Gasteiger partial charge in [0.15, 0.2) is 0 Å². The Morgan fingerprint density at radius 3 is 2.76 bits per heavy atom. The summed E-state index contributed by atoms with van der Waals surface area (Å²) in [6, 6.07) is -0.438. The molecule has 2 unspecified atom stereocenters. The van der Waals surface area contributed by atoms with Gasteiger partial charge >= 0.3 is 0 Å². The average molecular weight is 243 g/mol. The molecule has 1 saturated heterocycles. The maximum absolute atomic E-state index is 11.7. The fraction of sp³-hybridized carbons (Fsp3) is 0.818. The molecule has 6 nitrogen and oxygen atoms in total. The van der Waals surface area contributed by atoms with Crippen LogP contribution in [0.2, 0.25) is 0 Å². The zero-order valence-electron chi connectivity index (χ0n) is 10.7. The molecular formula is C11H21N3O3. The first-order chi connectivity index (χ1) is 8.00. The standard InChI is InChI=1S/C11H21N3O3/c1-8(11(16)14(2)3)13-10(15)6-9-7-17-5-4-12-9/h8-9,12H,4-7H2,1-3H3,(H,13,15). The summed E-state index contributed by atoms with van der Waals surface area (Å²) in [5.41, 5.74) is 0. The number of carbonyl (C=O) groups excluding carboxylic acids is 2. The van der Waals surface area contributed by atoms with Crippen molar-refractivity contribution in [3.63, 3.8) is 0 Å². The summed E-state index contributed by atoms with van der Waals surface area (Å²) in [6.45, 7) is 3.69. The number of carbonyl (C=O) groups is 2. The predicted octanol–water partition coefficient (Wildman–Crippen LogP) is -1.04. The Kier molecular flexibility index (Phi) is 5.37. The molecule has 1 heterocycles. The van der Waals surface area contributed by atoms with Gasteiger partial charge in [0.05, 0.1) is 13.2 Å². The van der Waals surface area contributed by atoms with Gasteiger partial charge in [-0.25, -0.2) is 0 Å². The van der Waals surface area contributed by atoms with Gasteiger partial charge in [0.1, 0.15) is 6.04 Å². The first-order valence-electron chi connectivity index (χ1n) is 5.82. The number of rotatable bonds is 4. The minimum atomic E-state index is -0.484. The molecule has 98 valence electrons. The summed E-state index contributed by atoms with van der Waals surface area (Å²) in [5.74, 6) is -0.234. The lowest BCUT2D eigenvalue weighted by molar-refractivity contribution is -0.134. The van der Waals surface area contributed by atoms with Crippen LogP contribution >= 0.6 is 0 Å². The Labute approximate surface area is 102 Å². The Bertz CT molecular complexity index is 275. The molecule has 17 heavy (non-hydrogen) atoms. The number of amides is 2. The lowest BCUT2D eigenvalue weighted by atomic mass is 10.2. The van der Waals surface area contributed by atoms with E-state index < -0.39 is 6.04 Å². The number of hydrogen-bond acceptors (Lipinski definition) is 4. The van der Waals surface area contributed by atoms with Crippen molar-refractivity contribution in [1.29, 1.82) is 0 Å². The van der Waals surface area contributed by atoms with Gasteiger partial charge in [-0.1, -0.05) is 0 Å². The topological polar surface area (TPSA) is 70.7 Å². The second-order valence-electron chi connectivity index (χ2n) is 4.45. The van der Waals surface area contributed by atoms with Gasteiger partial charge in [0, 0.05) is 33.1 Å². The maximum Gasteiger partial charge on any atom is 0.244 e.